The summed E-state index contributed by atoms with van der Waals surface area (Å²) in [5, 5.41) is 11.4. The van der Waals surface area contributed by atoms with Crippen LogP contribution in [-0.4, -0.2) is 24.4 Å². The van der Waals surface area contributed by atoms with Gasteiger partial charge < -0.3 is 10.1 Å². The molecule has 1 unspecified atom stereocenters. The maximum Gasteiger partial charge on any atom is 0.233 e. The molecule has 0 spiro atoms. The first-order valence-corrected chi connectivity index (χ1v) is 5.72. The normalized spacial score (nSPS) is 12.8. The Balaban J connectivity index is 2.63. The number of ether oxygens (including phenoxy) is 1. The molecule has 4 heteroatoms. The van der Waals surface area contributed by atoms with E-state index in [1.807, 2.05) is 19.2 Å². The summed E-state index contributed by atoms with van der Waals surface area (Å²) in [6.07, 6.45) is 2.26. The van der Waals surface area contributed by atoms with E-state index in [1.54, 1.807) is 7.11 Å². The van der Waals surface area contributed by atoms with Gasteiger partial charge in [-0.25, -0.2) is 0 Å². The van der Waals surface area contributed by atoms with E-state index in [-0.39, 0.29) is 6.04 Å². The quantitative estimate of drug-likeness (QED) is 0.803. The standard InChI is InChI=1S/C12H21N3O/c1-9(2)5-6-10(13-3)11-7-8-12(16-4)15-14-11/h7-10,13H,5-6H2,1-4H3. The van der Waals surface area contributed by atoms with E-state index in [0.29, 0.717) is 11.8 Å². The fraction of sp³-hybridized carbons (Fsp3) is 0.667. The molecule has 0 saturated heterocycles. The Bertz CT molecular complexity index is 298. The second kappa shape index (κ2) is 6.43. The molecule has 4 nitrogen and oxygen atoms in total. The van der Waals surface area contributed by atoms with E-state index in [0.717, 1.165) is 12.1 Å². The second-order valence-electron chi connectivity index (χ2n) is 4.31. The van der Waals surface area contributed by atoms with E-state index < -0.39 is 0 Å². The molecule has 0 bridgehead atoms. The van der Waals surface area contributed by atoms with Crippen LogP contribution >= 0.6 is 0 Å². The van der Waals surface area contributed by atoms with Crippen molar-refractivity contribution >= 4 is 0 Å². The number of aromatic nitrogens is 2. The fourth-order valence-corrected chi connectivity index (χ4v) is 1.57. The van der Waals surface area contributed by atoms with Crippen LogP contribution in [0.2, 0.25) is 0 Å². The first kappa shape index (κ1) is 12.9. The Morgan fingerprint density at radius 3 is 2.44 bits per heavy atom. The van der Waals surface area contributed by atoms with Crippen LogP contribution in [0.1, 0.15) is 38.4 Å². The Morgan fingerprint density at radius 2 is 2.00 bits per heavy atom. The number of rotatable bonds is 6. The van der Waals surface area contributed by atoms with E-state index in [1.165, 1.54) is 6.42 Å². The predicted octanol–water partition coefficient (Wildman–Crippen LogP) is 2.18. The molecule has 1 aromatic heterocycles. The molecule has 1 heterocycles. The van der Waals surface area contributed by atoms with Crippen LogP contribution in [0, 0.1) is 5.92 Å². The molecule has 0 amide bonds. The molecule has 1 atom stereocenters. The van der Waals surface area contributed by atoms with Gasteiger partial charge in [-0.1, -0.05) is 13.8 Å². The second-order valence-corrected chi connectivity index (χ2v) is 4.31. The molecule has 0 fully saturated rings. The summed E-state index contributed by atoms with van der Waals surface area (Å²) in [6.45, 7) is 4.46. The summed E-state index contributed by atoms with van der Waals surface area (Å²) in [7, 11) is 3.55. The van der Waals surface area contributed by atoms with Crippen LogP contribution < -0.4 is 10.1 Å². The van der Waals surface area contributed by atoms with Crippen molar-refractivity contribution < 1.29 is 4.74 Å². The average molecular weight is 223 g/mol. The molecule has 0 aliphatic carbocycles. The summed E-state index contributed by atoms with van der Waals surface area (Å²) in [5.41, 5.74) is 0.976. The van der Waals surface area contributed by atoms with E-state index in [2.05, 4.69) is 29.4 Å². The number of hydrogen-bond donors (Lipinski definition) is 1. The molecular formula is C12H21N3O. The zero-order valence-corrected chi connectivity index (χ0v) is 10.5. The van der Waals surface area contributed by atoms with Crippen molar-refractivity contribution in [3.8, 4) is 5.88 Å². The predicted molar refractivity (Wildman–Crippen MR) is 64.5 cm³/mol. The van der Waals surface area contributed by atoms with Crippen LogP contribution in [0.15, 0.2) is 12.1 Å². The van der Waals surface area contributed by atoms with Gasteiger partial charge in [-0.15, -0.1) is 5.10 Å². The van der Waals surface area contributed by atoms with Crippen LogP contribution in [0.4, 0.5) is 0 Å². The molecule has 0 aliphatic rings. The molecule has 1 aromatic rings. The van der Waals surface area contributed by atoms with Crippen molar-refractivity contribution in [2.75, 3.05) is 14.2 Å². The summed E-state index contributed by atoms with van der Waals surface area (Å²) in [4.78, 5) is 0. The highest BCUT2D eigenvalue weighted by molar-refractivity contribution is 5.13. The fourth-order valence-electron chi connectivity index (χ4n) is 1.57. The van der Waals surface area contributed by atoms with Gasteiger partial charge in [0.1, 0.15) is 0 Å². The lowest BCUT2D eigenvalue weighted by Crippen LogP contribution is -2.18. The highest BCUT2D eigenvalue weighted by Gasteiger charge is 2.12. The van der Waals surface area contributed by atoms with Gasteiger partial charge in [0.15, 0.2) is 0 Å². The lowest BCUT2D eigenvalue weighted by atomic mass is 10.0. The Labute approximate surface area is 97.4 Å². The maximum absolute atomic E-state index is 4.99. The first-order chi connectivity index (χ1) is 7.67. The summed E-state index contributed by atoms with van der Waals surface area (Å²) in [6, 6.07) is 4.09. The lowest BCUT2D eigenvalue weighted by Gasteiger charge is -2.16. The lowest BCUT2D eigenvalue weighted by molar-refractivity contribution is 0.387. The van der Waals surface area contributed by atoms with Gasteiger partial charge in [-0.2, -0.15) is 5.10 Å². The topological polar surface area (TPSA) is 47.0 Å². The van der Waals surface area contributed by atoms with Crippen molar-refractivity contribution in [3.05, 3.63) is 17.8 Å². The summed E-state index contributed by atoms with van der Waals surface area (Å²) in [5.74, 6) is 1.27. The van der Waals surface area contributed by atoms with Gasteiger partial charge in [-0.3, -0.25) is 0 Å². The molecule has 0 aliphatic heterocycles. The van der Waals surface area contributed by atoms with E-state index >= 15 is 0 Å². The average Bonchev–Trinajstić information content (AvgIpc) is 2.30. The van der Waals surface area contributed by atoms with Gasteiger partial charge in [0, 0.05) is 6.07 Å². The van der Waals surface area contributed by atoms with Gasteiger partial charge in [0.05, 0.1) is 18.8 Å². The molecular weight excluding hydrogens is 202 g/mol. The van der Waals surface area contributed by atoms with Gasteiger partial charge >= 0.3 is 0 Å². The minimum absolute atomic E-state index is 0.279. The Kier molecular flexibility index (Phi) is 5.19. The number of methoxy groups -OCH3 is 1. The molecule has 90 valence electrons. The van der Waals surface area contributed by atoms with Crippen molar-refractivity contribution in [2.24, 2.45) is 5.92 Å². The maximum atomic E-state index is 4.99. The molecule has 0 saturated carbocycles. The van der Waals surface area contributed by atoms with Gasteiger partial charge in [-0.05, 0) is 31.9 Å². The van der Waals surface area contributed by atoms with Crippen LogP contribution in [0.5, 0.6) is 5.88 Å². The van der Waals surface area contributed by atoms with Crippen molar-refractivity contribution in [1.29, 1.82) is 0 Å². The summed E-state index contributed by atoms with van der Waals surface area (Å²) < 4.78 is 4.99. The van der Waals surface area contributed by atoms with Gasteiger partial charge in [0.2, 0.25) is 5.88 Å². The highest BCUT2D eigenvalue weighted by Crippen LogP contribution is 2.19. The Morgan fingerprint density at radius 1 is 1.25 bits per heavy atom. The van der Waals surface area contributed by atoms with E-state index in [9.17, 15) is 0 Å². The zero-order chi connectivity index (χ0) is 12.0. The molecule has 16 heavy (non-hydrogen) atoms. The third kappa shape index (κ3) is 3.77. The largest absolute Gasteiger partial charge is 0.480 e. The number of nitrogens with zero attached hydrogens (tertiary/aromatic N) is 2. The van der Waals surface area contributed by atoms with Crippen LogP contribution in [0.3, 0.4) is 0 Å². The third-order valence-corrected chi connectivity index (χ3v) is 2.61. The summed E-state index contributed by atoms with van der Waals surface area (Å²) >= 11 is 0. The van der Waals surface area contributed by atoms with Crippen molar-refractivity contribution in [3.63, 3.8) is 0 Å². The third-order valence-electron chi connectivity index (χ3n) is 2.61. The SMILES string of the molecule is CNC(CCC(C)C)c1ccc(OC)nn1. The molecule has 0 radical (unpaired) electrons. The Hall–Kier alpha value is -1.16. The molecule has 0 aromatic carbocycles. The smallest absolute Gasteiger partial charge is 0.233 e. The van der Waals surface area contributed by atoms with Gasteiger partial charge in [0.25, 0.3) is 0 Å². The number of hydrogen-bond acceptors (Lipinski definition) is 4. The van der Waals surface area contributed by atoms with Crippen LogP contribution in [-0.2, 0) is 0 Å². The monoisotopic (exact) mass is 223 g/mol. The van der Waals surface area contributed by atoms with Crippen molar-refractivity contribution in [2.45, 2.75) is 32.7 Å². The minimum Gasteiger partial charge on any atom is -0.480 e. The van der Waals surface area contributed by atoms with E-state index in [4.69, 9.17) is 4.74 Å². The first-order valence-electron chi connectivity index (χ1n) is 5.72. The van der Waals surface area contributed by atoms with Crippen LogP contribution in [0.25, 0.3) is 0 Å². The van der Waals surface area contributed by atoms with Crippen molar-refractivity contribution in [1.82, 2.24) is 15.5 Å². The zero-order valence-electron chi connectivity index (χ0n) is 10.5. The highest BCUT2D eigenvalue weighted by atomic mass is 16.5. The molecule has 1 rings (SSSR count). The minimum atomic E-state index is 0.279. The molecule has 1 N–H and O–H groups in total. The number of nitrogens with one attached hydrogen (secondary N) is 1.